The number of aromatic nitrogens is 3. The first-order valence-corrected chi connectivity index (χ1v) is 5.44. The van der Waals surface area contributed by atoms with Gasteiger partial charge >= 0.3 is 0 Å². The zero-order chi connectivity index (χ0) is 11.4. The lowest BCUT2D eigenvalue weighted by atomic mass is 10.4. The standard InChI is InChI=1S/C11H8N4S/c1-8-5-6-13-11(14-8)16-10-4-2-3-9(7-12)15-10/h2-6H,1H3. The maximum absolute atomic E-state index is 8.72. The average Bonchev–Trinajstić information content (AvgIpc) is 2.29. The Kier molecular flexibility index (Phi) is 3.13. The number of nitriles is 1. The summed E-state index contributed by atoms with van der Waals surface area (Å²) in [5.41, 5.74) is 1.31. The van der Waals surface area contributed by atoms with Gasteiger partial charge in [0.15, 0.2) is 5.16 Å². The first-order valence-electron chi connectivity index (χ1n) is 4.62. The molecule has 0 aliphatic carbocycles. The Hall–Kier alpha value is -1.93. The number of pyridine rings is 1. The Morgan fingerprint density at radius 2 is 2.12 bits per heavy atom. The molecule has 2 aromatic heterocycles. The van der Waals surface area contributed by atoms with Crippen molar-refractivity contribution < 1.29 is 0 Å². The molecule has 2 aromatic rings. The smallest absolute Gasteiger partial charge is 0.194 e. The van der Waals surface area contributed by atoms with Gasteiger partial charge in [0.05, 0.1) is 0 Å². The average molecular weight is 228 g/mol. The van der Waals surface area contributed by atoms with E-state index in [1.165, 1.54) is 11.8 Å². The molecular formula is C11H8N4S. The molecular weight excluding hydrogens is 220 g/mol. The maximum Gasteiger partial charge on any atom is 0.194 e. The van der Waals surface area contributed by atoms with E-state index >= 15 is 0 Å². The molecule has 0 saturated carbocycles. The molecule has 0 fully saturated rings. The van der Waals surface area contributed by atoms with Gasteiger partial charge in [-0.25, -0.2) is 15.0 Å². The van der Waals surface area contributed by atoms with Crippen molar-refractivity contribution in [3.63, 3.8) is 0 Å². The summed E-state index contributed by atoms with van der Waals surface area (Å²) in [7, 11) is 0. The molecule has 0 unspecified atom stereocenters. The van der Waals surface area contributed by atoms with Crippen molar-refractivity contribution in [1.82, 2.24) is 15.0 Å². The molecule has 78 valence electrons. The van der Waals surface area contributed by atoms with E-state index in [1.54, 1.807) is 18.3 Å². The normalized spacial score (nSPS) is 9.75. The molecule has 2 rings (SSSR count). The Labute approximate surface area is 97.4 Å². The van der Waals surface area contributed by atoms with Crippen LogP contribution in [0, 0.1) is 18.3 Å². The molecule has 16 heavy (non-hydrogen) atoms. The second-order valence-corrected chi connectivity index (χ2v) is 4.04. The van der Waals surface area contributed by atoms with Crippen LogP contribution >= 0.6 is 11.8 Å². The van der Waals surface area contributed by atoms with Gasteiger partial charge in [-0.2, -0.15) is 5.26 Å². The molecule has 2 heterocycles. The second-order valence-electron chi connectivity index (χ2n) is 3.06. The highest BCUT2D eigenvalue weighted by atomic mass is 32.2. The minimum Gasteiger partial charge on any atom is -0.231 e. The van der Waals surface area contributed by atoms with Crippen LogP contribution in [0.15, 0.2) is 40.6 Å². The van der Waals surface area contributed by atoms with Gasteiger partial charge in [0.1, 0.15) is 16.8 Å². The number of hydrogen-bond donors (Lipinski definition) is 0. The predicted molar refractivity (Wildman–Crippen MR) is 59.8 cm³/mol. The van der Waals surface area contributed by atoms with Crippen LogP contribution in [0.2, 0.25) is 0 Å². The van der Waals surface area contributed by atoms with E-state index in [1.807, 2.05) is 25.1 Å². The molecule has 0 amide bonds. The van der Waals surface area contributed by atoms with E-state index < -0.39 is 0 Å². The molecule has 4 nitrogen and oxygen atoms in total. The molecule has 0 spiro atoms. The predicted octanol–water partition coefficient (Wildman–Crippen LogP) is 2.20. The van der Waals surface area contributed by atoms with Crippen molar-refractivity contribution in [2.45, 2.75) is 17.1 Å². The molecule has 0 aliphatic heterocycles. The number of rotatable bonds is 2. The van der Waals surface area contributed by atoms with Gasteiger partial charge in [-0.05, 0) is 36.9 Å². The number of hydrogen-bond acceptors (Lipinski definition) is 5. The fourth-order valence-corrected chi connectivity index (χ4v) is 1.88. The summed E-state index contributed by atoms with van der Waals surface area (Å²) in [5.74, 6) is 0. The third-order valence-electron chi connectivity index (χ3n) is 1.81. The Morgan fingerprint density at radius 1 is 1.25 bits per heavy atom. The van der Waals surface area contributed by atoms with Gasteiger partial charge in [-0.3, -0.25) is 0 Å². The van der Waals surface area contributed by atoms with Crippen molar-refractivity contribution in [1.29, 1.82) is 5.26 Å². The monoisotopic (exact) mass is 228 g/mol. The van der Waals surface area contributed by atoms with Crippen LogP contribution in [0.3, 0.4) is 0 Å². The molecule has 0 aliphatic rings. The fourth-order valence-electron chi connectivity index (χ4n) is 1.10. The SMILES string of the molecule is Cc1ccnc(Sc2cccc(C#N)n2)n1. The van der Waals surface area contributed by atoms with Gasteiger partial charge in [0.2, 0.25) is 0 Å². The largest absolute Gasteiger partial charge is 0.231 e. The highest BCUT2D eigenvalue weighted by Gasteiger charge is 2.02. The van der Waals surface area contributed by atoms with Crippen LogP contribution in [0.25, 0.3) is 0 Å². The molecule has 0 atom stereocenters. The minimum absolute atomic E-state index is 0.401. The van der Waals surface area contributed by atoms with Crippen LogP contribution < -0.4 is 0 Å². The number of aryl methyl sites for hydroxylation is 1. The van der Waals surface area contributed by atoms with Crippen LogP contribution in [0.5, 0.6) is 0 Å². The highest BCUT2D eigenvalue weighted by molar-refractivity contribution is 7.99. The molecule has 0 bridgehead atoms. The van der Waals surface area contributed by atoms with Crippen LogP contribution in [-0.2, 0) is 0 Å². The Morgan fingerprint density at radius 3 is 2.88 bits per heavy atom. The van der Waals surface area contributed by atoms with Crippen molar-refractivity contribution in [3.05, 3.63) is 41.9 Å². The van der Waals surface area contributed by atoms with E-state index in [2.05, 4.69) is 15.0 Å². The maximum atomic E-state index is 8.72. The molecule has 0 saturated heterocycles. The first-order chi connectivity index (χ1) is 7.78. The molecule has 0 N–H and O–H groups in total. The molecule has 5 heteroatoms. The van der Waals surface area contributed by atoms with Crippen LogP contribution in [0.1, 0.15) is 11.4 Å². The van der Waals surface area contributed by atoms with Crippen molar-refractivity contribution >= 4 is 11.8 Å². The lowest BCUT2D eigenvalue weighted by Crippen LogP contribution is -1.90. The van der Waals surface area contributed by atoms with Crippen molar-refractivity contribution in [2.75, 3.05) is 0 Å². The van der Waals surface area contributed by atoms with Gasteiger partial charge in [-0.1, -0.05) is 6.07 Å². The summed E-state index contributed by atoms with van der Waals surface area (Å²) in [6, 6.07) is 9.13. The van der Waals surface area contributed by atoms with Gasteiger partial charge in [0, 0.05) is 11.9 Å². The zero-order valence-corrected chi connectivity index (χ0v) is 9.40. The van der Waals surface area contributed by atoms with Crippen molar-refractivity contribution in [2.24, 2.45) is 0 Å². The summed E-state index contributed by atoms with van der Waals surface area (Å²) in [6.45, 7) is 1.91. The summed E-state index contributed by atoms with van der Waals surface area (Å²) in [4.78, 5) is 12.5. The van der Waals surface area contributed by atoms with E-state index in [0.29, 0.717) is 10.9 Å². The number of nitrogens with zero attached hydrogens (tertiary/aromatic N) is 4. The summed E-state index contributed by atoms with van der Waals surface area (Å²) in [5, 5.41) is 10.1. The lowest BCUT2D eigenvalue weighted by Gasteiger charge is -1.99. The van der Waals surface area contributed by atoms with Crippen molar-refractivity contribution in [3.8, 4) is 6.07 Å². The molecule has 0 radical (unpaired) electrons. The lowest BCUT2D eigenvalue weighted by molar-refractivity contribution is 0.927. The van der Waals surface area contributed by atoms with E-state index in [-0.39, 0.29) is 0 Å². The zero-order valence-electron chi connectivity index (χ0n) is 8.58. The van der Waals surface area contributed by atoms with Gasteiger partial charge in [0.25, 0.3) is 0 Å². The summed E-state index contributed by atoms with van der Waals surface area (Å²) >= 11 is 1.35. The van der Waals surface area contributed by atoms with Gasteiger partial charge < -0.3 is 0 Å². The topological polar surface area (TPSA) is 62.5 Å². The van der Waals surface area contributed by atoms with Gasteiger partial charge in [-0.15, -0.1) is 0 Å². The third kappa shape index (κ3) is 2.55. The summed E-state index contributed by atoms with van der Waals surface area (Å²) < 4.78 is 0. The Balaban J connectivity index is 2.24. The highest BCUT2D eigenvalue weighted by Crippen LogP contribution is 2.22. The fraction of sp³-hybridized carbons (Fsp3) is 0.0909. The minimum atomic E-state index is 0.401. The van der Waals surface area contributed by atoms with E-state index in [9.17, 15) is 0 Å². The third-order valence-corrected chi connectivity index (χ3v) is 2.62. The molecule has 0 aromatic carbocycles. The van der Waals surface area contributed by atoms with Crippen LogP contribution in [-0.4, -0.2) is 15.0 Å². The first kappa shape index (κ1) is 10.6. The van der Waals surface area contributed by atoms with Crippen LogP contribution in [0.4, 0.5) is 0 Å². The van der Waals surface area contributed by atoms with E-state index in [0.717, 1.165) is 10.7 Å². The second kappa shape index (κ2) is 4.73. The summed E-state index contributed by atoms with van der Waals surface area (Å²) in [6.07, 6.45) is 1.71. The Bertz CT molecular complexity index is 548. The van der Waals surface area contributed by atoms with E-state index in [4.69, 9.17) is 5.26 Å². The quantitative estimate of drug-likeness (QED) is 0.737.